The summed E-state index contributed by atoms with van der Waals surface area (Å²) in [4.78, 5) is 36.2. The van der Waals surface area contributed by atoms with Crippen molar-refractivity contribution in [2.45, 2.75) is 76.0 Å². The molecule has 0 bridgehead atoms. The van der Waals surface area contributed by atoms with Gasteiger partial charge in [0.15, 0.2) is 11.6 Å². The van der Waals surface area contributed by atoms with E-state index in [9.17, 15) is 24.6 Å². The van der Waals surface area contributed by atoms with Gasteiger partial charge in [-0.05, 0) is 61.7 Å². The lowest BCUT2D eigenvalue weighted by Crippen LogP contribution is -2.64. The molecular formula is C24H29FO7. The Balaban J connectivity index is 1.56. The van der Waals surface area contributed by atoms with Crippen molar-refractivity contribution in [1.82, 2.24) is 0 Å². The summed E-state index contributed by atoms with van der Waals surface area (Å²) in [6.07, 6.45) is 1.21. The van der Waals surface area contributed by atoms with Gasteiger partial charge in [0, 0.05) is 10.8 Å². The summed E-state index contributed by atoms with van der Waals surface area (Å²) in [6.45, 7) is 5.42. The predicted octanol–water partition coefficient (Wildman–Crippen LogP) is 1.76. The van der Waals surface area contributed by atoms with Crippen LogP contribution in [-0.2, 0) is 19.1 Å². The number of aliphatic hydroxyl groups excluding tert-OH is 1. The lowest BCUT2D eigenvalue weighted by atomic mass is 9.46. The third-order valence-electron chi connectivity index (χ3n) is 9.55. The molecule has 10 atom stereocenters. The van der Waals surface area contributed by atoms with Gasteiger partial charge in [-0.25, -0.2) is 4.39 Å². The van der Waals surface area contributed by atoms with E-state index in [-0.39, 0.29) is 30.1 Å². The number of carbonyl (C=O) groups is 3. The molecular weight excluding hydrogens is 419 g/mol. The number of carboxylic acids is 1. The highest BCUT2D eigenvalue weighted by atomic mass is 19.1. The maximum absolute atomic E-state index is 15.5. The average molecular weight is 448 g/mol. The van der Waals surface area contributed by atoms with E-state index in [0.717, 1.165) is 0 Å². The Hall–Kier alpha value is -1.90. The standard InChI is InChI=1S/C24H29FO7/c1-11-6-13-14-8-16(25)15-7-12(26)4-5-21(15,2)24(14)18(32-24)10-22(13,3)23(11,31)20(30)17(27)9-19(28)29/h4-5,7,11,13-14,16-18,27,31H,6,8-10H2,1-3H3,(H,28,29)/t11?,13-,14-,16?,17?,18-,21-,22-,23-,24+/m0/s1. The summed E-state index contributed by atoms with van der Waals surface area (Å²) in [6, 6.07) is 0. The lowest BCUT2D eigenvalue weighted by Gasteiger charge is -2.56. The van der Waals surface area contributed by atoms with Crippen molar-refractivity contribution < 1.29 is 38.8 Å². The second-order valence-corrected chi connectivity index (χ2v) is 10.9. The number of halogens is 1. The molecule has 4 aliphatic carbocycles. The summed E-state index contributed by atoms with van der Waals surface area (Å²) in [5.74, 6) is -3.53. The largest absolute Gasteiger partial charge is 0.481 e. The Bertz CT molecular complexity index is 989. The third-order valence-corrected chi connectivity index (χ3v) is 9.55. The van der Waals surface area contributed by atoms with E-state index in [0.29, 0.717) is 18.4 Å². The molecule has 1 heterocycles. The van der Waals surface area contributed by atoms with Crippen molar-refractivity contribution in [3.05, 3.63) is 23.8 Å². The van der Waals surface area contributed by atoms with Crippen molar-refractivity contribution in [1.29, 1.82) is 0 Å². The third kappa shape index (κ3) is 2.33. The van der Waals surface area contributed by atoms with E-state index < -0.39 is 58.4 Å². The zero-order valence-corrected chi connectivity index (χ0v) is 18.4. The van der Waals surface area contributed by atoms with Crippen LogP contribution in [0.1, 0.15) is 46.5 Å². The summed E-state index contributed by atoms with van der Waals surface area (Å²) >= 11 is 0. The van der Waals surface area contributed by atoms with Crippen molar-refractivity contribution >= 4 is 17.5 Å². The van der Waals surface area contributed by atoms with Gasteiger partial charge in [0.2, 0.25) is 0 Å². The second kappa shape index (κ2) is 6.36. The highest BCUT2D eigenvalue weighted by Crippen LogP contribution is 2.76. The molecule has 1 spiro atoms. The minimum atomic E-state index is -1.94. The van der Waals surface area contributed by atoms with E-state index in [1.54, 1.807) is 19.9 Å². The minimum absolute atomic E-state index is 0.133. The van der Waals surface area contributed by atoms with Crippen LogP contribution in [0.15, 0.2) is 23.8 Å². The molecule has 0 aromatic carbocycles. The molecule has 32 heavy (non-hydrogen) atoms. The Morgan fingerprint density at radius 1 is 1.28 bits per heavy atom. The number of allylic oxidation sites excluding steroid dienone is 2. The molecule has 3 N–H and O–H groups in total. The van der Waals surface area contributed by atoms with Gasteiger partial charge in [0.05, 0.1) is 12.5 Å². The topological polar surface area (TPSA) is 124 Å². The van der Waals surface area contributed by atoms with Gasteiger partial charge in [0.1, 0.15) is 23.5 Å². The molecule has 1 saturated heterocycles. The number of fused-ring (bicyclic) bond motifs is 3. The summed E-state index contributed by atoms with van der Waals surface area (Å²) in [5.41, 5.74) is -3.99. The number of aliphatic hydroxyl groups is 2. The molecule has 0 radical (unpaired) electrons. The van der Waals surface area contributed by atoms with E-state index in [1.165, 1.54) is 12.2 Å². The molecule has 3 saturated carbocycles. The number of Topliss-reactive ketones (excluding diaryl/α,β-unsaturated/α-hetero) is 1. The number of alkyl halides is 1. The molecule has 5 rings (SSSR count). The van der Waals surface area contributed by atoms with Crippen LogP contribution in [-0.4, -0.2) is 62.4 Å². The minimum Gasteiger partial charge on any atom is -0.481 e. The molecule has 4 fully saturated rings. The fourth-order valence-corrected chi connectivity index (χ4v) is 8.01. The van der Waals surface area contributed by atoms with Crippen molar-refractivity contribution in [2.24, 2.45) is 28.6 Å². The first-order chi connectivity index (χ1) is 14.8. The summed E-state index contributed by atoms with van der Waals surface area (Å²) < 4.78 is 21.8. The van der Waals surface area contributed by atoms with E-state index in [4.69, 9.17) is 9.84 Å². The molecule has 0 aromatic rings. The smallest absolute Gasteiger partial charge is 0.306 e. The number of hydrogen-bond acceptors (Lipinski definition) is 6. The van der Waals surface area contributed by atoms with Crippen LogP contribution in [0.3, 0.4) is 0 Å². The fourth-order valence-electron chi connectivity index (χ4n) is 8.01. The number of aliphatic carboxylic acids is 1. The van der Waals surface area contributed by atoms with Gasteiger partial charge in [-0.1, -0.05) is 19.9 Å². The highest BCUT2D eigenvalue weighted by molar-refractivity contribution is 6.01. The molecule has 0 amide bonds. The molecule has 174 valence electrons. The van der Waals surface area contributed by atoms with Gasteiger partial charge in [-0.15, -0.1) is 0 Å². The van der Waals surface area contributed by atoms with Crippen LogP contribution in [0, 0.1) is 28.6 Å². The Labute approximate surface area is 185 Å². The number of carboxylic acid groups (broad SMARTS) is 1. The van der Waals surface area contributed by atoms with Gasteiger partial charge >= 0.3 is 5.97 Å². The van der Waals surface area contributed by atoms with Crippen molar-refractivity contribution in [3.63, 3.8) is 0 Å². The average Bonchev–Trinajstić information content (AvgIpc) is 3.39. The highest BCUT2D eigenvalue weighted by Gasteiger charge is 2.83. The van der Waals surface area contributed by atoms with Gasteiger partial charge in [-0.3, -0.25) is 14.4 Å². The van der Waals surface area contributed by atoms with Crippen LogP contribution in [0.2, 0.25) is 0 Å². The van der Waals surface area contributed by atoms with Crippen LogP contribution in [0.5, 0.6) is 0 Å². The molecule has 8 heteroatoms. The zero-order chi connectivity index (χ0) is 23.4. The molecule has 7 nitrogen and oxygen atoms in total. The SMILES string of the molecule is CC1C[C@H]2[C@@H]3CC(F)C4=CC(=O)C=C[C@]4(C)[C@@]34O[C@H]4C[C@]2(C)[C@@]1(O)C(=O)C(O)CC(=O)O. The van der Waals surface area contributed by atoms with E-state index in [2.05, 4.69) is 0 Å². The number of ketones is 2. The fraction of sp³-hybridized carbons (Fsp3) is 0.708. The lowest BCUT2D eigenvalue weighted by molar-refractivity contribution is -0.173. The van der Waals surface area contributed by atoms with Crippen LogP contribution in [0.25, 0.3) is 0 Å². The van der Waals surface area contributed by atoms with Gasteiger partial charge in [-0.2, -0.15) is 0 Å². The number of carbonyl (C=O) groups excluding carboxylic acids is 2. The van der Waals surface area contributed by atoms with E-state index in [1.807, 2.05) is 6.92 Å². The normalized spacial score (nSPS) is 51.6. The first kappa shape index (κ1) is 21.9. The van der Waals surface area contributed by atoms with Crippen LogP contribution < -0.4 is 0 Å². The summed E-state index contributed by atoms with van der Waals surface area (Å²) in [7, 11) is 0. The van der Waals surface area contributed by atoms with Gasteiger partial charge in [0.25, 0.3) is 0 Å². The Morgan fingerprint density at radius 3 is 2.62 bits per heavy atom. The number of ether oxygens (including phenoxy) is 1. The summed E-state index contributed by atoms with van der Waals surface area (Å²) in [5, 5.41) is 31.1. The predicted molar refractivity (Wildman–Crippen MR) is 109 cm³/mol. The molecule has 5 aliphatic rings. The van der Waals surface area contributed by atoms with Crippen molar-refractivity contribution in [2.75, 3.05) is 0 Å². The molecule has 0 aromatic heterocycles. The second-order valence-electron chi connectivity index (χ2n) is 10.9. The number of hydrogen-bond donors (Lipinski definition) is 3. The maximum Gasteiger partial charge on any atom is 0.306 e. The first-order valence-electron chi connectivity index (χ1n) is 11.3. The van der Waals surface area contributed by atoms with Crippen LogP contribution >= 0.6 is 0 Å². The Kier molecular flexibility index (Phi) is 4.36. The quantitative estimate of drug-likeness (QED) is 0.560. The number of epoxide rings is 1. The Morgan fingerprint density at radius 2 is 1.97 bits per heavy atom. The molecule has 3 unspecified atom stereocenters. The monoisotopic (exact) mass is 448 g/mol. The van der Waals surface area contributed by atoms with Crippen molar-refractivity contribution in [3.8, 4) is 0 Å². The maximum atomic E-state index is 15.5. The van der Waals surface area contributed by atoms with E-state index >= 15 is 4.39 Å². The number of rotatable bonds is 4. The van der Waals surface area contributed by atoms with Gasteiger partial charge < -0.3 is 20.1 Å². The van der Waals surface area contributed by atoms with Crippen LogP contribution in [0.4, 0.5) is 4.39 Å². The zero-order valence-electron chi connectivity index (χ0n) is 18.4. The first-order valence-corrected chi connectivity index (χ1v) is 11.3. The molecule has 1 aliphatic heterocycles.